The molecule has 2 aromatic heterocycles. The summed E-state index contributed by atoms with van der Waals surface area (Å²) in [6.07, 6.45) is 1.66. The molecule has 84 valence electrons. The first-order valence-electron chi connectivity index (χ1n) is 4.58. The molecule has 0 fully saturated rings. The predicted molar refractivity (Wildman–Crippen MR) is 58.9 cm³/mol. The van der Waals surface area contributed by atoms with Crippen LogP contribution in [-0.4, -0.2) is 16.1 Å². The van der Waals surface area contributed by atoms with Gasteiger partial charge in [0.05, 0.1) is 5.69 Å². The molecule has 0 spiro atoms. The summed E-state index contributed by atoms with van der Waals surface area (Å²) in [6.45, 7) is 1.88. The van der Waals surface area contributed by atoms with Crippen LogP contribution in [0.2, 0.25) is 0 Å². The fourth-order valence-electron chi connectivity index (χ4n) is 1.18. The smallest absolute Gasteiger partial charge is 0.355 e. The molecule has 6 heteroatoms. The van der Waals surface area contributed by atoms with E-state index in [0.29, 0.717) is 11.5 Å². The number of aromatic amines is 1. The van der Waals surface area contributed by atoms with Gasteiger partial charge in [0.25, 0.3) is 0 Å². The minimum Gasteiger partial charge on any atom is -0.453 e. The van der Waals surface area contributed by atoms with E-state index in [-0.39, 0.29) is 6.61 Å². The molecule has 0 aliphatic rings. The van der Waals surface area contributed by atoms with Gasteiger partial charge in [-0.3, -0.25) is 0 Å². The lowest BCUT2D eigenvalue weighted by atomic mass is 10.4. The highest BCUT2D eigenvalue weighted by molar-refractivity contribution is 9.10. The number of halogens is 1. The number of carbonyl (C=O) groups excluding carboxylic acids is 1. The van der Waals surface area contributed by atoms with E-state index in [1.807, 2.05) is 0 Å². The average molecular weight is 285 g/mol. The molecule has 2 heterocycles. The van der Waals surface area contributed by atoms with E-state index >= 15 is 0 Å². The summed E-state index contributed by atoms with van der Waals surface area (Å²) < 4.78 is 10.7. The number of nitrogens with zero attached hydrogens (tertiary/aromatic N) is 1. The molecule has 0 unspecified atom stereocenters. The van der Waals surface area contributed by atoms with Gasteiger partial charge in [0.15, 0.2) is 12.4 Å². The molecule has 16 heavy (non-hydrogen) atoms. The summed E-state index contributed by atoms with van der Waals surface area (Å²) in [7, 11) is 0. The maximum absolute atomic E-state index is 11.5. The number of carbonyl (C=O) groups is 1. The Morgan fingerprint density at radius 1 is 1.62 bits per heavy atom. The highest BCUT2D eigenvalue weighted by Crippen LogP contribution is 2.12. The van der Waals surface area contributed by atoms with Gasteiger partial charge in [0, 0.05) is 16.7 Å². The van der Waals surface area contributed by atoms with Crippen molar-refractivity contribution in [3.63, 3.8) is 0 Å². The fourth-order valence-corrected chi connectivity index (χ4v) is 1.53. The molecule has 1 N–H and O–H groups in total. The minimum absolute atomic E-state index is 0.0797. The van der Waals surface area contributed by atoms with Crippen molar-refractivity contribution in [1.82, 2.24) is 10.1 Å². The first-order chi connectivity index (χ1) is 7.65. The Hall–Kier alpha value is -1.56. The zero-order valence-electron chi connectivity index (χ0n) is 8.49. The normalized spacial score (nSPS) is 10.4. The second kappa shape index (κ2) is 4.52. The van der Waals surface area contributed by atoms with Crippen LogP contribution in [0.25, 0.3) is 0 Å². The molecule has 0 aliphatic carbocycles. The van der Waals surface area contributed by atoms with Gasteiger partial charge in [-0.2, -0.15) is 0 Å². The zero-order chi connectivity index (χ0) is 11.5. The standard InChI is InChI=1S/C10H9BrN2O3/c1-6-2-8(16-13-6)5-15-10(14)9-3-7(11)4-12-9/h2-4,12H,5H2,1H3. The highest BCUT2D eigenvalue weighted by Gasteiger charge is 2.10. The molecule has 2 aromatic rings. The van der Waals surface area contributed by atoms with Gasteiger partial charge >= 0.3 is 5.97 Å². The van der Waals surface area contributed by atoms with Crippen molar-refractivity contribution >= 4 is 21.9 Å². The summed E-state index contributed by atoms with van der Waals surface area (Å²) in [6, 6.07) is 3.37. The van der Waals surface area contributed by atoms with Crippen molar-refractivity contribution in [2.75, 3.05) is 0 Å². The van der Waals surface area contributed by atoms with Crippen LogP contribution in [0.5, 0.6) is 0 Å². The van der Waals surface area contributed by atoms with Crippen LogP contribution >= 0.6 is 15.9 Å². The zero-order valence-corrected chi connectivity index (χ0v) is 10.1. The summed E-state index contributed by atoms with van der Waals surface area (Å²) in [5, 5.41) is 3.69. The van der Waals surface area contributed by atoms with Crippen molar-refractivity contribution in [3.8, 4) is 0 Å². The number of nitrogens with one attached hydrogen (secondary N) is 1. The van der Waals surface area contributed by atoms with Gasteiger partial charge in [-0.15, -0.1) is 0 Å². The molecule has 2 rings (SSSR count). The lowest BCUT2D eigenvalue weighted by molar-refractivity contribution is 0.0431. The second-order valence-corrected chi connectivity index (χ2v) is 4.16. The molecule has 0 atom stereocenters. The molecule has 0 saturated carbocycles. The number of H-pyrrole nitrogens is 1. The van der Waals surface area contributed by atoms with E-state index < -0.39 is 5.97 Å². The molecule has 0 bridgehead atoms. The third-order valence-electron chi connectivity index (χ3n) is 1.89. The largest absolute Gasteiger partial charge is 0.453 e. The van der Waals surface area contributed by atoms with Gasteiger partial charge < -0.3 is 14.2 Å². The highest BCUT2D eigenvalue weighted by atomic mass is 79.9. The van der Waals surface area contributed by atoms with Crippen LogP contribution < -0.4 is 0 Å². The van der Waals surface area contributed by atoms with E-state index in [1.54, 1.807) is 25.3 Å². The Labute approximate surface area is 99.9 Å². The summed E-state index contributed by atoms with van der Waals surface area (Å²) in [5.41, 5.74) is 1.15. The SMILES string of the molecule is Cc1cc(COC(=O)c2cc(Br)c[nH]2)on1. The summed E-state index contributed by atoms with van der Waals surface area (Å²) >= 11 is 3.23. The Bertz CT molecular complexity index is 504. The summed E-state index contributed by atoms with van der Waals surface area (Å²) in [4.78, 5) is 14.3. The lowest BCUT2D eigenvalue weighted by Crippen LogP contribution is -2.04. The third-order valence-corrected chi connectivity index (χ3v) is 2.35. The van der Waals surface area contributed by atoms with Crippen LogP contribution in [0.3, 0.4) is 0 Å². The van der Waals surface area contributed by atoms with Gasteiger partial charge in [-0.1, -0.05) is 5.16 Å². The quantitative estimate of drug-likeness (QED) is 0.879. The number of hydrogen-bond donors (Lipinski definition) is 1. The Balaban J connectivity index is 1.93. The van der Waals surface area contributed by atoms with Crippen molar-refractivity contribution in [3.05, 3.63) is 40.0 Å². The first-order valence-corrected chi connectivity index (χ1v) is 5.37. The van der Waals surface area contributed by atoms with Gasteiger partial charge in [-0.25, -0.2) is 4.79 Å². The van der Waals surface area contributed by atoms with Crippen molar-refractivity contribution < 1.29 is 14.1 Å². The maximum atomic E-state index is 11.5. The molecule has 0 saturated heterocycles. The average Bonchev–Trinajstić information content (AvgIpc) is 2.84. The molecule has 5 nitrogen and oxygen atoms in total. The van der Waals surface area contributed by atoms with E-state index in [2.05, 4.69) is 26.1 Å². The monoisotopic (exact) mass is 284 g/mol. The number of ether oxygens (including phenoxy) is 1. The maximum Gasteiger partial charge on any atom is 0.355 e. The van der Waals surface area contributed by atoms with Gasteiger partial charge in [0.1, 0.15) is 5.69 Å². The minimum atomic E-state index is -0.431. The van der Waals surface area contributed by atoms with Gasteiger partial charge in [0.2, 0.25) is 0 Å². The molecular formula is C10H9BrN2O3. The number of esters is 1. The van der Waals surface area contributed by atoms with Crippen LogP contribution in [0, 0.1) is 6.92 Å². The van der Waals surface area contributed by atoms with Crippen molar-refractivity contribution in [2.45, 2.75) is 13.5 Å². The van der Waals surface area contributed by atoms with E-state index in [1.165, 1.54) is 0 Å². The Morgan fingerprint density at radius 2 is 2.44 bits per heavy atom. The number of rotatable bonds is 3. The number of aromatic nitrogens is 2. The third kappa shape index (κ3) is 2.52. The first kappa shape index (κ1) is 10.9. The Morgan fingerprint density at radius 3 is 3.00 bits per heavy atom. The molecule has 0 radical (unpaired) electrons. The topological polar surface area (TPSA) is 68.1 Å². The summed E-state index contributed by atoms with van der Waals surface area (Å²) in [5.74, 6) is 0.0937. The van der Waals surface area contributed by atoms with Crippen LogP contribution in [0.4, 0.5) is 0 Å². The van der Waals surface area contributed by atoms with E-state index in [9.17, 15) is 4.79 Å². The van der Waals surface area contributed by atoms with Crippen LogP contribution in [-0.2, 0) is 11.3 Å². The van der Waals surface area contributed by atoms with Crippen molar-refractivity contribution in [2.24, 2.45) is 0 Å². The molecular weight excluding hydrogens is 276 g/mol. The second-order valence-electron chi connectivity index (χ2n) is 3.24. The van der Waals surface area contributed by atoms with Crippen molar-refractivity contribution in [1.29, 1.82) is 0 Å². The number of aryl methyl sites for hydroxylation is 1. The fraction of sp³-hybridized carbons (Fsp3) is 0.200. The Kier molecular flexibility index (Phi) is 3.09. The van der Waals surface area contributed by atoms with E-state index in [4.69, 9.17) is 9.26 Å². The molecule has 0 amide bonds. The van der Waals surface area contributed by atoms with Gasteiger partial charge in [-0.05, 0) is 28.9 Å². The van der Waals surface area contributed by atoms with Crippen LogP contribution in [0.15, 0.2) is 27.3 Å². The predicted octanol–water partition coefficient (Wildman–Crippen LogP) is 2.43. The van der Waals surface area contributed by atoms with Crippen LogP contribution in [0.1, 0.15) is 21.9 Å². The molecule has 0 aromatic carbocycles. The lowest BCUT2D eigenvalue weighted by Gasteiger charge is -1.99. The molecule has 0 aliphatic heterocycles. The number of hydrogen-bond acceptors (Lipinski definition) is 4. The van der Waals surface area contributed by atoms with E-state index in [0.717, 1.165) is 10.2 Å².